The second-order valence-electron chi connectivity index (χ2n) is 4.82. The van der Waals surface area contributed by atoms with E-state index in [0.29, 0.717) is 12.8 Å². The van der Waals surface area contributed by atoms with Crippen molar-refractivity contribution in [1.82, 2.24) is 4.90 Å². The van der Waals surface area contributed by atoms with Crippen molar-refractivity contribution in [3.05, 3.63) is 12.2 Å². The van der Waals surface area contributed by atoms with Crippen LogP contribution in [0.25, 0.3) is 0 Å². The van der Waals surface area contributed by atoms with E-state index in [0.717, 1.165) is 4.90 Å². The lowest BCUT2D eigenvalue weighted by Crippen LogP contribution is -2.36. The largest absolute Gasteiger partial charge is 0.481 e. The van der Waals surface area contributed by atoms with Gasteiger partial charge in [0.1, 0.15) is 0 Å². The Bertz CT molecular complexity index is 415. The van der Waals surface area contributed by atoms with E-state index in [4.69, 9.17) is 5.11 Å². The Morgan fingerprint density at radius 2 is 2.24 bits per heavy atom. The molecule has 2 rings (SSSR count). The standard InChI is InChI=1S/C12H15NO4/c1-12-6-3-2-4-8(12)10(16)13(11(12)17)7-5-9(14)15/h2-3,8H,4-7H2,1H3,(H,14,15)/t8-,12-/m1/s1. The van der Waals surface area contributed by atoms with Gasteiger partial charge in [0, 0.05) is 6.54 Å². The Kier molecular flexibility index (Phi) is 2.77. The molecule has 0 bridgehead atoms. The third kappa shape index (κ3) is 1.75. The number of amides is 2. The van der Waals surface area contributed by atoms with Crippen molar-refractivity contribution in [2.45, 2.75) is 26.2 Å². The molecule has 1 heterocycles. The van der Waals surface area contributed by atoms with Crippen molar-refractivity contribution in [2.75, 3.05) is 6.54 Å². The lowest BCUT2D eigenvalue weighted by Gasteiger charge is -2.27. The van der Waals surface area contributed by atoms with Gasteiger partial charge in [0.2, 0.25) is 11.8 Å². The number of carbonyl (C=O) groups excluding carboxylic acids is 2. The Hall–Kier alpha value is -1.65. The summed E-state index contributed by atoms with van der Waals surface area (Å²) in [4.78, 5) is 35.8. The summed E-state index contributed by atoms with van der Waals surface area (Å²) in [5.74, 6) is -1.75. The van der Waals surface area contributed by atoms with E-state index >= 15 is 0 Å². The first-order valence-corrected chi connectivity index (χ1v) is 5.69. The summed E-state index contributed by atoms with van der Waals surface area (Å²) in [6.45, 7) is 1.78. The summed E-state index contributed by atoms with van der Waals surface area (Å²) in [6, 6.07) is 0. The number of rotatable bonds is 3. The highest BCUT2D eigenvalue weighted by molar-refractivity contribution is 6.07. The number of carbonyl (C=O) groups is 3. The molecule has 0 aromatic rings. The van der Waals surface area contributed by atoms with Crippen LogP contribution < -0.4 is 0 Å². The highest BCUT2D eigenvalue weighted by Crippen LogP contribution is 2.45. The maximum atomic E-state index is 12.2. The maximum absolute atomic E-state index is 12.2. The van der Waals surface area contributed by atoms with E-state index < -0.39 is 11.4 Å². The van der Waals surface area contributed by atoms with Gasteiger partial charge in [-0.2, -0.15) is 0 Å². The number of allylic oxidation sites excluding steroid dienone is 2. The average molecular weight is 237 g/mol. The third-order valence-corrected chi connectivity index (χ3v) is 3.70. The normalized spacial score (nSPS) is 31.8. The van der Waals surface area contributed by atoms with Crippen LogP contribution in [0.5, 0.6) is 0 Å². The van der Waals surface area contributed by atoms with Crippen molar-refractivity contribution in [3.8, 4) is 0 Å². The van der Waals surface area contributed by atoms with E-state index in [2.05, 4.69) is 0 Å². The highest BCUT2D eigenvalue weighted by Gasteiger charge is 2.55. The molecule has 2 aliphatic rings. The molecule has 1 N–H and O–H groups in total. The van der Waals surface area contributed by atoms with E-state index in [1.165, 1.54) is 0 Å². The molecular formula is C12H15NO4. The molecule has 2 amide bonds. The second kappa shape index (κ2) is 3.98. The van der Waals surface area contributed by atoms with Gasteiger partial charge in [0.15, 0.2) is 0 Å². The van der Waals surface area contributed by atoms with Crippen LogP contribution in [0.3, 0.4) is 0 Å². The van der Waals surface area contributed by atoms with Crippen molar-refractivity contribution in [2.24, 2.45) is 11.3 Å². The van der Waals surface area contributed by atoms with Crippen LogP contribution in [-0.4, -0.2) is 34.3 Å². The van der Waals surface area contributed by atoms with Gasteiger partial charge in [-0.3, -0.25) is 19.3 Å². The molecule has 5 heteroatoms. The molecule has 2 atom stereocenters. The number of hydrogen-bond donors (Lipinski definition) is 1. The van der Waals surface area contributed by atoms with Gasteiger partial charge in [0.25, 0.3) is 0 Å². The molecule has 5 nitrogen and oxygen atoms in total. The van der Waals surface area contributed by atoms with E-state index in [1.54, 1.807) is 6.92 Å². The Morgan fingerprint density at radius 3 is 2.82 bits per heavy atom. The summed E-state index contributed by atoms with van der Waals surface area (Å²) in [5, 5.41) is 8.61. The molecule has 1 fully saturated rings. The number of aliphatic carboxylic acids is 1. The molecule has 0 spiro atoms. The Morgan fingerprint density at radius 1 is 1.53 bits per heavy atom. The van der Waals surface area contributed by atoms with Gasteiger partial charge < -0.3 is 5.11 Å². The second-order valence-corrected chi connectivity index (χ2v) is 4.82. The topological polar surface area (TPSA) is 74.7 Å². The summed E-state index contributed by atoms with van der Waals surface area (Å²) in [5.41, 5.74) is -0.662. The van der Waals surface area contributed by atoms with Gasteiger partial charge in [0.05, 0.1) is 17.8 Å². The van der Waals surface area contributed by atoms with Crippen LogP contribution >= 0.6 is 0 Å². The van der Waals surface area contributed by atoms with Gasteiger partial charge in [-0.05, 0) is 19.8 Å². The van der Waals surface area contributed by atoms with E-state index in [1.807, 2.05) is 12.2 Å². The first-order valence-electron chi connectivity index (χ1n) is 5.69. The number of carboxylic acids is 1. The van der Waals surface area contributed by atoms with Crippen molar-refractivity contribution in [3.63, 3.8) is 0 Å². The first kappa shape index (κ1) is 11.8. The Balaban J connectivity index is 2.19. The molecule has 17 heavy (non-hydrogen) atoms. The third-order valence-electron chi connectivity index (χ3n) is 3.70. The number of imide groups is 1. The van der Waals surface area contributed by atoms with Crippen LogP contribution in [0.4, 0.5) is 0 Å². The number of likely N-dealkylation sites (tertiary alicyclic amines) is 1. The zero-order chi connectivity index (χ0) is 12.6. The minimum absolute atomic E-state index is 0.0148. The average Bonchev–Trinajstić information content (AvgIpc) is 2.46. The SMILES string of the molecule is C[C@@]12CC=CC[C@@H]1C(=O)N(CCC(=O)O)C2=O. The van der Waals surface area contributed by atoms with Gasteiger partial charge in [-0.15, -0.1) is 0 Å². The van der Waals surface area contributed by atoms with E-state index in [-0.39, 0.29) is 30.7 Å². The van der Waals surface area contributed by atoms with Crippen LogP contribution in [0.2, 0.25) is 0 Å². The minimum atomic E-state index is -0.997. The quantitative estimate of drug-likeness (QED) is 0.582. The zero-order valence-corrected chi connectivity index (χ0v) is 9.68. The van der Waals surface area contributed by atoms with Gasteiger partial charge in [-0.1, -0.05) is 12.2 Å². The molecule has 0 aromatic heterocycles. The van der Waals surface area contributed by atoms with Crippen LogP contribution in [0, 0.1) is 11.3 Å². The molecule has 1 aliphatic heterocycles. The first-order chi connectivity index (χ1) is 7.97. The fraction of sp³-hybridized carbons (Fsp3) is 0.583. The van der Waals surface area contributed by atoms with Crippen LogP contribution in [0.15, 0.2) is 12.2 Å². The van der Waals surface area contributed by atoms with Gasteiger partial charge in [-0.25, -0.2) is 0 Å². The van der Waals surface area contributed by atoms with Crippen molar-refractivity contribution < 1.29 is 19.5 Å². The van der Waals surface area contributed by atoms with Crippen molar-refractivity contribution in [1.29, 1.82) is 0 Å². The predicted molar refractivity (Wildman–Crippen MR) is 58.9 cm³/mol. The summed E-state index contributed by atoms with van der Waals surface area (Å²) in [6.07, 6.45) is 4.78. The molecule has 1 saturated heterocycles. The fourth-order valence-corrected chi connectivity index (χ4v) is 2.59. The number of hydrogen-bond acceptors (Lipinski definition) is 3. The molecular weight excluding hydrogens is 222 g/mol. The lowest BCUT2D eigenvalue weighted by molar-refractivity contribution is -0.142. The maximum Gasteiger partial charge on any atom is 0.305 e. The monoisotopic (exact) mass is 237 g/mol. The minimum Gasteiger partial charge on any atom is -0.481 e. The fourth-order valence-electron chi connectivity index (χ4n) is 2.59. The Labute approximate surface area is 99.1 Å². The number of carboxylic acid groups (broad SMARTS) is 1. The summed E-state index contributed by atoms with van der Waals surface area (Å²) >= 11 is 0. The molecule has 0 radical (unpaired) electrons. The van der Waals surface area contributed by atoms with Gasteiger partial charge >= 0.3 is 5.97 Å². The smallest absolute Gasteiger partial charge is 0.305 e. The highest BCUT2D eigenvalue weighted by atomic mass is 16.4. The molecule has 0 aromatic carbocycles. The lowest BCUT2D eigenvalue weighted by atomic mass is 9.72. The molecule has 92 valence electrons. The molecule has 1 aliphatic carbocycles. The van der Waals surface area contributed by atoms with Crippen molar-refractivity contribution >= 4 is 17.8 Å². The van der Waals surface area contributed by atoms with Crippen LogP contribution in [-0.2, 0) is 14.4 Å². The molecule has 0 saturated carbocycles. The van der Waals surface area contributed by atoms with E-state index in [9.17, 15) is 14.4 Å². The molecule has 0 unspecified atom stereocenters. The summed E-state index contributed by atoms with van der Waals surface area (Å²) in [7, 11) is 0. The zero-order valence-electron chi connectivity index (χ0n) is 9.68. The summed E-state index contributed by atoms with van der Waals surface area (Å²) < 4.78 is 0. The number of fused-ring (bicyclic) bond motifs is 1. The van der Waals surface area contributed by atoms with Crippen LogP contribution in [0.1, 0.15) is 26.2 Å². The predicted octanol–water partition coefficient (Wildman–Crippen LogP) is 0.802. The number of nitrogens with zero attached hydrogens (tertiary/aromatic N) is 1.